The lowest BCUT2D eigenvalue weighted by Crippen LogP contribution is -2.38. The fourth-order valence-electron chi connectivity index (χ4n) is 2.58. The summed E-state index contributed by atoms with van der Waals surface area (Å²) in [4.78, 5) is 14.1. The molecule has 1 fully saturated rings. The smallest absolute Gasteiger partial charge is 0.253 e. The monoisotopic (exact) mass is 288 g/mol. The first-order valence-corrected chi connectivity index (χ1v) is 6.94. The average molecular weight is 288 g/mol. The van der Waals surface area contributed by atoms with Gasteiger partial charge in [0.05, 0.1) is 0 Å². The molecule has 21 heavy (non-hydrogen) atoms. The van der Waals surface area contributed by atoms with Gasteiger partial charge in [-0.2, -0.15) is 5.10 Å². The second-order valence-electron chi connectivity index (χ2n) is 5.18. The molecule has 0 aliphatic carbocycles. The van der Waals surface area contributed by atoms with Gasteiger partial charge in [0.1, 0.15) is 11.5 Å². The maximum absolute atomic E-state index is 14.2. The van der Waals surface area contributed by atoms with E-state index in [0.29, 0.717) is 11.3 Å². The Morgan fingerprint density at radius 2 is 2.38 bits per heavy atom. The molecular formula is C15H17FN4O. The zero-order valence-electron chi connectivity index (χ0n) is 11.8. The van der Waals surface area contributed by atoms with E-state index in [-0.39, 0.29) is 11.9 Å². The Balaban J connectivity index is 1.83. The lowest BCUT2D eigenvalue weighted by Gasteiger charge is -2.24. The summed E-state index contributed by atoms with van der Waals surface area (Å²) in [7, 11) is 1.76. The Labute approximate surface area is 122 Å². The number of benzene rings is 1. The van der Waals surface area contributed by atoms with Crippen molar-refractivity contribution in [1.29, 1.82) is 0 Å². The molecule has 1 saturated heterocycles. The molecule has 3 rings (SSSR count). The first-order chi connectivity index (χ1) is 10.2. The first kappa shape index (κ1) is 13.8. The summed E-state index contributed by atoms with van der Waals surface area (Å²) >= 11 is 0. The zero-order chi connectivity index (χ0) is 14.8. The second kappa shape index (κ2) is 5.65. The highest BCUT2D eigenvalue weighted by molar-refractivity contribution is 5.94. The number of aromatic nitrogens is 2. The average Bonchev–Trinajstić information content (AvgIpc) is 3.18. The van der Waals surface area contributed by atoms with Crippen LogP contribution in [0.2, 0.25) is 0 Å². The van der Waals surface area contributed by atoms with E-state index >= 15 is 0 Å². The maximum atomic E-state index is 14.2. The van der Waals surface area contributed by atoms with Crippen molar-refractivity contribution in [2.24, 2.45) is 0 Å². The predicted molar refractivity (Wildman–Crippen MR) is 76.9 cm³/mol. The second-order valence-corrected chi connectivity index (χ2v) is 5.18. The van der Waals surface area contributed by atoms with Crippen LogP contribution in [0.5, 0.6) is 0 Å². The minimum Gasteiger partial charge on any atom is -0.337 e. The molecule has 1 aliphatic heterocycles. The van der Waals surface area contributed by atoms with E-state index < -0.39 is 5.82 Å². The highest BCUT2D eigenvalue weighted by Crippen LogP contribution is 2.17. The van der Waals surface area contributed by atoms with Crippen LogP contribution in [0.1, 0.15) is 16.8 Å². The van der Waals surface area contributed by atoms with Gasteiger partial charge in [0, 0.05) is 37.6 Å². The van der Waals surface area contributed by atoms with Gasteiger partial charge in [-0.15, -0.1) is 0 Å². The zero-order valence-corrected chi connectivity index (χ0v) is 11.8. The Hall–Kier alpha value is -2.21. The van der Waals surface area contributed by atoms with E-state index in [4.69, 9.17) is 0 Å². The standard InChI is InChI=1S/C15H17FN4O/c1-19(12-5-7-17-10-12)15(21)11-3-4-14(13(16)9-11)20-8-2-6-18-20/h2-4,6,8-9,12,17H,5,7,10H2,1H3/t12-/m1/s1. The van der Waals surface area contributed by atoms with Gasteiger partial charge in [0.25, 0.3) is 5.91 Å². The van der Waals surface area contributed by atoms with Crippen LogP contribution in [0.3, 0.4) is 0 Å². The molecule has 110 valence electrons. The lowest BCUT2D eigenvalue weighted by molar-refractivity contribution is 0.0743. The number of nitrogens with one attached hydrogen (secondary N) is 1. The topological polar surface area (TPSA) is 50.2 Å². The highest BCUT2D eigenvalue weighted by Gasteiger charge is 2.24. The van der Waals surface area contributed by atoms with Crippen LogP contribution < -0.4 is 5.32 Å². The van der Waals surface area contributed by atoms with Crippen LogP contribution in [-0.4, -0.2) is 46.8 Å². The van der Waals surface area contributed by atoms with Crippen LogP contribution in [0, 0.1) is 5.82 Å². The molecule has 1 N–H and O–H groups in total. The minimum atomic E-state index is -0.456. The SMILES string of the molecule is CN(C(=O)c1ccc(-n2cccn2)c(F)c1)[C@@H]1CCNC1. The summed E-state index contributed by atoms with van der Waals surface area (Å²) in [6.45, 7) is 1.70. The third-order valence-corrected chi connectivity index (χ3v) is 3.85. The fourth-order valence-corrected chi connectivity index (χ4v) is 2.58. The van der Waals surface area contributed by atoms with Crippen molar-refractivity contribution in [3.63, 3.8) is 0 Å². The largest absolute Gasteiger partial charge is 0.337 e. The molecule has 1 atom stereocenters. The van der Waals surface area contributed by atoms with Crippen molar-refractivity contribution in [2.75, 3.05) is 20.1 Å². The molecule has 5 nitrogen and oxygen atoms in total. The number of hydrogen-bond donors (Lipinski definition) is 1. The number of nitrogens with zero attached hydrogens (tertiary/aromatic N) is 3. The van der Waals surface area contributed by atoms with Crippen molar-refractivity contribution in [2.45, 2.75) is 12.5 Å². The van der Waals surface area contributed by atoms with Crippen molar-refractivity contribution >= 4 is 5.91 Å². The van der Waals surface area contributed by atoms with Gasteiger partial charge < -0.3 is 10.2 Å². The quantitative estimate of drug-likeness (QED) is 0.930. The normalized spacial score (nSPS) is 17.9. The van der Waals surface area contributed by atoms with E-state index in [9.17, 15) is 9.18 Å². The molecule has 1 aromatic carbocycles. The number of amides is 1. The molecule has 0 spiro atoms. The maximum Gasteiger partial charge on any atom is 0.253 e. The van der Waals surface area contributed by atoms with Crippen LogP contribution in [0.25, 0.3) is 5.69 Å². The summed E-state index contributed by atoms with van der Waals surface area (Å²) in [6, 6.07) is 6.39. The van der Waals surface area contributed by atoms with Crippen LogP contribution in [0.4, 0.5) is 4.39 Å². The third kappa shape index (κ3) is 2.67. The van der Waals surface area contributed by atoms with E-state index in [0.717, 1.165) is 19.5 Å². The van der Waals surface area contributed by atoms with Gasteiger partial charge in [-0.1, -0.05) is 0 Å². The highest BCUT2D eigenvalue weighted by atomic mass is 19.1. The molecule has 6 heteroatoms. The molecule has 0 unspecified atom stereocenters. The summed E-state index contributed by atoms with van der Waals surface area (Å²) in [5.74, 6) is -0.614. The molecule has 2 heterocycles. The number of hydrogen-bond acceptors (Lipinski definition) is 3. The summed E-state index contributed by atoms with van der Waals surface area (Å²) < 4.78 is 15.6. The van der Waals surface area contributed by atoms with Gasteiger partial charge in [-0.25, -0.2) is 9.07 Å². The number of likely N-dealkylation sites (N-methyl/N-ethyl adjacent to an activating group) is 1. The fraction of sp³-hybridized carbons (Fsp3) is 0.333. The predicted octanol–water partition coefficient (Wildman–Crippen LogP) is 1.45. The first-order valence-electron chi connectivity index (χ1n) is 6.94. The number of carbonyl (C=O) groups is 1. The van der Waals surface area contributed by atoms with E-state index in [1.165, 1.54) is 10.7 Å². The Morgan fingerprint density at radius 3 is 3.00 bits per heavy atom. The molecule has 1 amide bonds. The number of rotatable bonds is 3. The molecule has 1 aliphatic rings. The van der Waals surface area contributed by atoms with Gasteiger partial charge >= 0.3 is 0 Å². The van der Waals surface area contributed by atoms with Gasteiger partial charge in [0.2, 0.25) is 0 Å². The molecule has 1 aromatic heterocycles. The number of halogens is 1. The molecule has 0 radical (unpaired) electrons. The van der Waals surface area contributed by atoms with Crippen molar-refractivity contribution in [3.8, 4) is 5.69 Å². The lowest BCUT2D eigenvalue weighted by atomic mass is 10.1. The summed E-state index contributed by atoms with van der Waals surface area (Å²) in [5, 5.41) is 7.21. The van der Waals surface area contributed by atoms with Crippen molar-refractivity contribution in [3.05, 3.63) is 48.0 Å². The van der Waals surface area contributed by atoms with E-state index in [2.05, 4.69) is 10.4 Å². The van der Waals surface area contributed by atoms with Crippen LogP contribution in [0.15, 0.2) is 36.7 Å². The van der Waals surface area contributed by atoms with E-state index in [1.54, 1.807) is 42.5 Å². The van der Waals surface area contributed by atoms with Crippen LogP contribution >= 0.6 is 0 Å². The van der Waals surface area contributed by atoms with Crippen molar-refractivity contribution < 1.29 is 9.18 Å². The Morgan fingerprint density at radius 1 is 1.52 bits per heavy atom. The van der Waals surface area contributed by atoms with Gasteiger partial charge in [0.15, 0.2) is 0 Å². The minimum absolute atomic E-state index is 0.158. The number of carbonyl (C=O) groups excluding carboxylic acids is 1. The molecule has 0 saturated carbocycles. The van der Waals surface area contributed by atoms with Crippen molar-refractivity contribution in [1.82, 2.24) is 20.0 Å². The van der Waals surface area contributed by atoms with Crippen LogP contribution in [-0.2, 0) is 0 Å². The molecule has 2 aromatic rings. The molecular weight excluding hydrogens is 271 g/mol. The Bertz CT molecular complexity index is 635. The van der Waals surface area contributed by atoms with E-state index in [1.807, 2.05) is 0 Å². The summed E-state index contributed by atoms with van der Waals surface area (Å²) in [6.07, 6.45) is 4.17. The Kier molecular flexibility index (Phi) is 3.70. The van der Waals surface area contributed by atoms with Gasteiger partial charge in [-0.3, -0.25) is 4.79 Å². The van der Waals surface area contributed by atoms with Gasteiger partial charge in [-0.05, 0) is 37.2 Å². The molecule has 0 bridgehead atoms. The summed E-state index contributed by atoms with van der Waals surface area (Å²) in [5.41, 5.74) is 0.694. The third-order valence-electron chi connectivity index (χ3n) is 3.85.